The lowest BCUT2D eigenvalue weighted by atomic mass is 9.92. The maximum absolute atomic E-state index is 6.27. The van der Waals surface area contributed by atoms with E-state index in [0.717, 1.165) is 54.9 Å². The molecular weight excluding hydrogens is 396 g/mol. The molecule has 3 aromatic carbocycles. The molecule has 1 fully saturated rings. The Morgan fingerprint density at radius 1 is 0.750 bits per heavy atom. The van der Waals surface area contributed by atoms with Crippen molar-refractivity contribution >= 4 is 10.8 Å². The molecule has 0 spiro atoms. The second kappa shape index (κ2) is 9.84. The van der Waals surface area contributed by atoms with E-state index in [0.29, 0.717) is 12.1 Å². The summed E-state index contributed by atoms with van der Waals surface area (Å²) in [5.74, 6) is 2.68. The molecule has 0 radical (unpaired) electrons. The summed E-state index contributed by atoms with van der Waals surface area (Å²) in [6, 6.07) is 27.0. The first-order valence-electron chi connectivity index (χ1n) is 11.4. The predicted octanol–water partition coefficient (Wildman–Crippen LogP) is 6.51. The Morgan fingerprint density at radius 3 is 2.31 bits per heavy atom. The van der Waals surface area contributed by atoms with Crippen molar-refractivity contribution in [1.82, 2.24) is 10.3 Å². The molecule has 0 atom stereocenters. The molecule has 1 aliphatic carbocycles. The van der Waals surface area contributed by atoms with Crippen LogP contribution in [-0.4, -0.2) is 17.1 Å². The fourth-order valence-corrected chi connectivity index (χ4v) is 4.27. The van der Waals surface area contributed by atoms with E-state index >= 15 is 0 Å². The van der Waals surface area contributed by atoms with Gasteiger partial charge in [-0.2, -0.15) is 0 Å². The maximum Gasteiger partial charge on any atom is 0.127 e. The molecular formula is C28H28N2O2. The quantitative estimate of drug-likeness (QED) is 0.367. The lowest BCUT2D eigenvalue weighted by Gasteiger charge is -2.29. The Labute approximate surface area is 189 Å². The van der Waals surface area contributed by atoms with Gasteiger partial charge in [-0.15, -0.1) is 0 Å². The van der Waals surface area contributed by atoms with Crippen molar-refractivity contribution in [2.75, 3.05) is 0 Å². The first-order chi connectivity index (χ1) is 15.8. The van der Waals surface area contributed by atoms with Crippen molar-refractivity contribution in [3.63, 3.8) is 0 Å². The Bertz CT molecular complexity index is 1140. The molecule has 4 heteroatoms. The molecule has 4 aromatic rings. The summed E-state index contributed by atoms with van der Waals surface area (Å²) in [7, 11) is 0. The van der Waals surface area contributed by atoms with Crippen molar-refractivity contribution in [2.45, 2.75) is 44.4 Å². The number of aromatic nitrogens is 1. The molecule has 0 unspecified atom stereocenters. The minimum absolute atomic E-state index is 0.293. The largest absolute Gasteiger partial charge is 0.490 e. The van der Waals surface area contributed by atoms with Crippen LogP contribution >= 0.6 is 0 Å². The van der Waals surface area contributed by atoms with Crippen molar-refractivity contribution in [2.24, 2.45) is 0 Å². The summed E-state index contributed by atoms with van der Waals surface area (Å²) in [5.41, 5.74) is 1.27. The number of fused-ring (bicyclic) bond motifs is 1. The number of hydrogen-bond donors (Lipinski definition) is 1. The van der Waals surface area contributed by atoms with Gasteiger partial charge in [-0.3, -0.25) is 4.98 Å². The average Bonchev–Trinajstić information content (AvgIpc) is 2.85. The minimum Gasteiger partial charge on any atom is -0.490 e. The van der Waals surface area contributed by atoms with Crippen molar-refractivity contribution in [3.05, 3.63) is 96.8 Å². The van der Waals surface area contributed by atoms with Crippen LogP contribution in [0.2, 0.25) is 0 Å². The van der Waals surface area contributed by atoms with Gasteiger partial charge >= 0.3 is 0 Å². The highest BCUT2D eigenvalue weighted by molar-refractivity contribution is 5.82. The third-order valence-corrected chi connectivity index (χ3v) is 6.09. The number of rotatable bonds is 7. The third-order valence-electron chi connectivity index (χ3n) is 6.09. The van der Waals surface area contributed by atoms with Gasteiger partial charge in [0.2, 0.25) is 0 Å². The van der Waals surface area contributed by atoms with E-state index in [9.17, 15) is 0 Å². The summed E-state index contributed by atoms with van der Waals surface area (Å²) in [6.45, 7) is 0.876. The van der Waals surface area contributed by atoms with Crippen LogP contribution in [-0.2, 0) is 6.54 Å². The van der Waals surface area contributed by atoms with E-state index in [2.05, 4.69) is 40.6 Å². The van der Waals surface area contributed by atoms with Crippen LogP contribution in [0.15, 0.2) is 91.3 Å². The van der Waals surface area contributed by atoms with Crippen molar-refractivity contribution < 1.29 is 9.47 Å². The van der Waals surface area contributed by atoms with Crippen LogP contribution in [0.25, 0.3) is 10.8 Å². The van der Waals surface area contributed by atoms with Gasteiger partial charge in [-0.1, -0.05) is 30.3 Å². The molecule has 0 amide bonds. The molecule has 162 valence electrons. The standard InChI is InChI=1S/C28H28N2O2/c1-2-4-25(5-3-1)31-26-11-6-21(7-12-26)19-30-24-9-14-27(15-10-24)32-28-13-8-23-20-29-17-16-22(23)18-28/h1-8,11-13,16-18,20,24,27,30H,9-10,14-15,19H2/t24-,27-. The zero-order valence-corrected chi connectivity index (χ0v) is 18.1. The molecule has 1 N–H and O–H groups in total. The molecule has 1 saturated carbocycles. The van der Waals surface area contributed by atoms with E-state index in [4.69, 9.17) is 9.47 Å². The zero-order chi connectivity index (χ0) is 21.6. The van der Waals surface area contributed by atoms with E-state index in [1.165, 1.54) is 10.9 Å². The summed E-state index contributed by atoms with van der Waals surface area (Å²) >= 11 is 0. The third kappa shape index (κ3) is 5.27. The van der Waals surface area contributed by atoms with Gasteiger partial charge in [0.25, 0.3) is 0 Å². The summed E-state index contributed by atoms with van der Waals surface area (Å²) in [6.07, 6.45) is 8.44. The number of ether oxygens (including phenoxy) is 2. The van der Waals surface area contributed by atoms with E-state index in [-0.39, 0.29) is 0 Å². The summed E-state index contributed by atoms with van der Waals surface area (Å²) < 4.78 is 12.1. The summed E-state index contributed by atoms with van der Waals surface area (Å²) in [4.78, 5) is 4.17. The van der Waals surface area contributed by atoms with Crippen LogP contribution in [0.5, 0.6) is 17.2 Å². The number of nitrogens with zero attached hydrogens (tertiary/aromatic N) is 1. The highest BCUT2D eigenvalue weighted by Crippen LogP contribution is 2.27. The van der Waals surface area contributed by atoms with Gasteiger partial charge in [-0.05, 0) is 85.2 Å². The fourth-order valence-electron chi connectivity index (χ4n) is 4.27. The van der Waals surface area contributed by atoms with Crippen LogP contribution in [0.4, 0.5) is 0 Å². The number of nitrogens with one attached hydrogen (secondary N) is 1. The molecule has 5 rings (SSSR count). The number of para-hydroxylation sites is 1. The van der Waals surface area contributed by atoms with E-state index in [1.807, 2.05) is 60.9 Å². The lowest BCUT2D eigenvalue weighted by molar-refractivity contribution is 0.139. The van der Waals surface area contributed by atoms with Gasteiger partial charge in [0.15, 0.2) is 0 Å². The average molecular weight is 425 g/mol. The van der Waals surface area contributed by atoms with Crippen LogP contribution < -0.4 is 14.8 Å². The van der Waals surface area contributed by atoms with Crippen LogP contribution in [0.3, 0.4) is 0 Å². The first kappa shape index (κ1) is 20.5. The highest BCUT2D eigenvalue weighted by Gasteiger charge is 2.22. The van der Waals surface area contributed by atoms with Crippen molar-refractivity contribution in [3.8, 4) is 17.2 Å². The predicted molar refractivity (Wildman–Crippen MR) is 128 cm³/mol. The molecule has 1 aliphatic rings. The second-order valence-corrected chi connectivity index (χ2v) is 8.42. The molecule has 0 aliphatic heterocycles. The molecule has 1 heterocycles. The molecule has 32 heavy (non-hydrogen) atoms. The van der Waals surface area contributed by atoms with Crippen LogP contribution in [0, 0.1) is 0 Å². The maximum atomic E-state index is 6.27. The van der Waals surface area contributed by atoms with Crippen LogP contribution in [0.1, 0.15) is 31.2 Å². The molecule has 0 bridgehead atoms. The first-order valence-corrected chi connectivity index (χ1v) is 11.4. The van der Waals surface area contributed by atoms with Gasteiger partial charge < -0.3 is 14.8 Å². The Hall–Kier alpha value is -3.37. The van der Waals surface area contributed by atoms with E-state index in [1.54, 1.807) is 0 Å². The zero-order valence-electron chi connectivity index (χ0n) is 18.1. The monoisotopic (exact) mass is 424 g/mol. The minimum atomic E-state index is 0.293. The van der Waals surface area contributed by atoms with Gasteiger partial charge in [-0.25, -0.2) is 0 Å². The topological polar surface area (TPSA) is 43.4 Å². The lowest BCUT2D eigenvalue weighted by Crippen LogP contribution is -2.35. The Kier molecular flexibility index (Phi) is 6.31. The Morgan fingerprint density at radius 2 is 1.50 bits per heavy atom. The smallest absolute Gasteiger partial charge is 0.127 e. The Balaban J connectivity index is 1.07. The SMILES string of the molecule is c1ccc(Oc2ccc(CN[C@H]3CC[C@H](Oc4ccc5cnccc5c4)CC3)cc2)cc1. The van der Waals surface area contributed by atoms with Gasteiger partial charge in [0.05, 0.1) is 6.10 Å². The van der Waals surface area contributed by atoms with Crippen molar-refractivity contribution in [1.29, 1.82) is 0 Å². The number of benzene rings is 3. The summed E-state index contributed by atoms with van der Waals surface area (Å²) in [5, 5.41) is 6.03. The normalized spacial score (nSPS) is 18.4. The number of pyridine rings is 1. The van der Waals surface area contributed by atoms with Gasteiger partial charge in [0, 0.05) is 30.4 Å². The molecule has 4 nitrogen and oxygen atoms in total. The molecule has 0 saturated heterocycles. The second-order valence-electron chi connectivity index (χ2n) is 8.42. The highest BCUT2D eigenvalue weighted by atomic mass is 16.5. The number of hydrogen-bond acceptors (Lipinski definition) is 4. The molecule has 1 aromatic heterocycles. The van der Waals surface area contributed by atoms with E-state index < -0.39 is 0 Å². The fraction of sp³-hybridized carbons (Fsp3) is 0.250. The van der Waals surface area contributed by atoms with Gasteiger partial charge in [0.1, 0.15) is 17.2 Å².